The van der Waals surface area contributed by atoms with Gasteiger partial charge in [-0.05, 0) is 31.4 Å². The molecule has 0 bridgehead atoms. The zero-order valence-electron chi connectivity index (χ0n) is 11.8. The molecule has 0 saturated carbocycles. The number of hydrogen-bond donors (Lipinski definition) is 2. The van der Waals surface area contributed by atoms with Gasteiger partial charge in [-0.1, -0.05) is 11.6 Å². The number of carbonyl (C=O) groups is 1. The van der Waals surface area contributed by atoms with Crippen molar-refractivity contribution in [3.63, 3.8) is 0 Å². The highest BCUT2D eigenvalue weighted by atomic mass is 35.5. The van der Waals surface area contributed by atoms with Crippen molar-refractivity contribution in [3.8, 4) is 5.75 Å². The molecule has 2 rings (SSSR count). The van der Waals surface area contributed by atoms with Crippen molar-refractivity contribution in [2.24, 2.45) is 0 Å². The maximum atomic E-state index is 12.3. The fourth-order valence-electron chi connectivity index (χ4n) is 2.42. The molecule has 22 heavy (non-hydrogen) atoms. The number of aliphatic hydroxyl groups is 1. The van der Waals surface area contributed by atoms with Gasteiger partial charge in [-0.25, -0.2) is 4.79 Å². The number of amides is 2. The maximum Gasteiger partial charge on any atom is 0.387 e. The third-order valence-corrected chi connectivity index (χ3v) is 3.81. The Morgan fingerprint density at radius 3 is 2.95 bits per heavy atom. The summed E-state index contributed by atoms with van der Waals surface area (Å²) in [6.45, 7) is -2.55. The number of aliphatic hydroxyl groups excluding tert-OH is 1. The van der Waals surface area contributed by atoms with E-state index in [1.165, 1.54) is 18.2 Å². The van der Waals surface area contributed by atoms with Gasteiger partial charge in [0, 0.05) is 18.3 Å². The van der Waals surface area contributed by atoms with Gasteiger partial charge < -0.3 is 20.1 Å². The predicted molar refractivity (Wildman–Crippen MR) is 78.5 cm³/mol. The topological polar surface area (TPSA) is 61.8 Å². The van der Waals surface area contributed by atoms with Crippen molar-refractivity contribution < 1.29 is 23.4 Å². The van der Waals surface area contributed by atoms with E-state index >= 15 is 0 Å². The van der Waals surface area contributed by atoms with E-state index < -0.39 is 6.61 Å². The smallest absolute Gasteiger partial charge is 0.387 e. The molecule has 0 radical (unpaired) electrons. The highest BCUT2D eigenvalue weighted by molar-refractivity contribution is 6.32. The molecule has 0 spiro atoms. The summed E-state index contributed by atoms with van der Waals surface area (Å²) < 4.78 is 28.8. The number of benzene rings is 1. The van der Waals surface area contributed by atoms with Crippen LogP contribution in [0.3, 0.4) is 0 Å². The van der Waals surface area contributed by atoms with Gasteiger partial charge in [0.1, 0.15) is 5.75 Å². The molecule has 0 aromatic heterocycles. The standard InChI is InChI=1S/C14H17ClF2N2O3/c15-11-5-4-9(7-12(11)22-13(16)17)18-14(21)19-6-2-1-3-10(19)8-20/h4-5,7,10,13,20H,1-3,6,8H2,(H,18,21)/t10-/m0/s1. The van der Waals surface area contributed by atoms with Crippen LogP contribution in [-0.2, 0) is 0 Å². The Bertz CT molecular complexity index is 531. The zero-order chi connectivity index (χ0) is 16.1. The highest BCUT2D eigenvalue weighted by Crippen LogP contribution is 2.29. The number of urea groups is 1. The molecule has 2 amide bonds. The molecular weight excluding hydrogens is 318 g/mol. The van der Waals surface area contributed by atoms with Crippen LogP contribution in [0.2, 0.25) is 5.02 Å². The van der Waals surface area contributed by atoms with E-state index in [1.54, 1.807) is 4.90 Å². The summed E-state index contributed by atoms with van der Waals surface area (Å²) in [5, 5.41) is 12.0. The van der Waals surface area contributed by atoms with Crippen molar-refractivity contribution in [1.82, 2.24) is 4.90 Å². The van der Waals surface area contributed by atoms with E-state index in [0.29, 0.717) is 12.2 Å². The SMILES string of the molecule is O=C(Nc1ccc(Cl)c(OC(F)F)c1)N1CCCC[C@H]1CO. The number of carbonyl (C=O) groups excluding carboxylic acids is 1. The first-order valence-electron chi connectivity index (χ1n) is 6.94. The van der Waals surface area contributed by atoms with Gasteiger partial charge in [-0.2, -0.15) is 8.78 Å². The first kappa shape index (κ1) is 16.8. The summed E-state index contributed by atoms with van der Waals surface area (Å²) in [6, 6.07) is 3.50. The van der Waals surface area contributed by atoms with Crippen LogP contribution >= 0.6 is 11.6 Å². The highest BCUT2D eigenvalue weighted by Gasteiger charge is 2.26. The lowest BCUT2D eigenvalue weighted by Gasteiger charge is -2.34. The second-order valence-electron chi connectivity index (χ2n) is 4.98. The molecule has 1 aliphatic rings. The molecule has 8 heteroatoms. The molecule has 1 fully saturated rings. The van der Waals surface area contributed by atoms with E-state index in [0.717, 1.165) is 19.3 Å². The van der Waals surface area contributed by atoms with E-state index in [9.17, 15) is 18.7 Å². The Hall–Kier alpha value is -1.60. The average Bonchev–Trinajstić information content (AvgIpc) is 2.50. The number of anilines is 1. The molecule has 1 heterocycles. The molecule has 122 valence electrons. The Labute approximate surface area is 131 Å². The lowest BCUT2D eigenvalue weighted by Crippen LogP contribution is -2.47. The van der Waals surface area contributed by atoms with Crippen LogP contribution in [0.25, 0.3) is 0 Å². The molecular formula is C14H17ClF2N2O3. The van der Waals surface area contributed by atoms with Gasteiger partial charge in [0.05, 0.1) is 17.7 Å². The van der Waals surface area contributed by atoms with Crippen LogP contribution in [-0.4, -0.2) is 41.8 Å². The second kappa shape index (κ2) is 7.60. The van der Waals surface area contributed by atoms with Crippen molar-refractivity contribution in [1.29, 1.82) is 0 Å². The third-order valence-electron chi connectivity index (χ3n) is 3.50. The van der Waals surface area contributed by atoms with Crippen LogP contribution in [0.4, 0.5) is 19.3 Å². The minimum atomic E-state index is -3.00. The number of rotatable bonds is 4. The molecule has 0 unspecified atom stereocenters. The molecule has 1 saturated heterocycles. The first-order valence-corrected chi connectivity index (χ1v) is 7.32. The van der Waals surface area contributed by atoms with Crippen molar-refractivity contribution in [2.75, 3.05) is 18.5 Å². The van der Waals surface area contributed by atoms with Crippen LogP contribution in [0, 0.1) is 0 Å². The first-order chi connectivity index (χ1) is 10.5. The summed E-state index contributed by atoms with van der Waals surface area (Å²) in [7, 11) is 0. The third kappa shape index (κ3) is 4.20. The number of nitrogens with one attached hydrogen (secondary N) is 1. The van der Waals surface area contributed by atoms with Gasteiger partial charge in [-0.15, -0.1) is 0 Å². The molecule has 1 aromatic rings. The number of nitrogens with zero attached hydrogens (tertiary/aromatic N) is 1. The van der Waals surface area contributed by atoms with Crippen LogP contribution in [0.15, 0.2) is 18.2 Å². The quantitative estimate of drug-likeness (QED) is 0.888. The summed E-state index contributed by atoms with van der Waals surface area (Å²) >= 11 is 5.76. The molecule has 0 aliphatic carbocycles. The largest absolute Gasteiger partial charge is 0.433 e. The number of halogens is 3. The average molecular weight is 335 g/mol. The van der Waals surface area contributed by atoms with Gasteiger partial charge in [0.15, 0.2) is 0 Å². The van der Waals surface area contributed by atoms with Crippen molar-refractivity contribution in [3.05, 3.63) is 23.2 Å². The Kier molecular flexibility index (Phi) is 5.79. The lowest BCUT2D eigenvalue weighted by molar-refractivity contribution is -0.0497. The molecule has 1 aliphatic heterocycles. The Morgan fingerprint density at radius 2 is 2.27 bits per heavy atom. The van der Waals surface area contributed by atoms with Crippen LogP contribution in [0.1, 0.15) is 19.3 Å². The minimum absolute atomic E-state index is 0.0320. The van der Waals surface area contributed by atoms with E-state index in [2.05, 4.69) is 10.1 Å². The maximum absolute atomic E-state index is 12.3. The van der Waals surface area contributed by atoms with Gasteiger partial charge >= 0.3 is 12.6 Å². The summed E-state index contributed by atoms with van der Waals surface area (Å²) in [6.07, 6.45) is 2.57. The lowest BCUT2D eigenvalue weighted by atomic mass is 10.0. The monoisotopic (exact) mass is 334 g/mol. The van der Waals surface area contributed by atoms with Crippen LogP contribution in [0.5, 0.6) is 5.75 Å². The Morgan fingerprint density at radius 1 is 1.50 bits per heavy atom. The van der Waals surface area contributed by atoms with Gasteiger partial charge in [-0.3, -0.25) is 0 Å². The van der Waals surface area contributed by atoms with Gasteiger partial charge in [0.2, 0.25) is 0 Å². The second-order valence-corrected chi connectivity index (χ2v) is 5.39. The minimum Gasteiger partial charge on any atom is -0.433 e. The van der Waals surface area contributed by atoms with Crippen LogP contribution < -0.4 is 10.1 Å². The number of hydrogen-bond acceptors (Lipinski definition) is 3. The Balaban J connectivity index is 2.07. The number of alkyl halides is 2. The normalized spacial score (nSPS) is 18.4. The fourth-order valence-corrected chi connectivity index (χ4v) is 2.58. The van der Waals surface area contributed by atoms with Gasteiger partial charge in [0.25, 0.3) is 0 Å². The van der Waals surface area contributed by atoms with E-state index in [-0.39, 0.29) is 29.5 Å². The van der Waals surface area contributed by atoms with Crippen molar-refractivity contribution in [2.45, 2.75) is 31.9 Å². The summed E-state index contributed by atoms with van der Waals surface area (Å²) in [5.41, 5.74) is 0.298. The number of ether oxygens (including phenoxy) is 1. The van der Waals surface area contributed by atoms with E-state index in [1.807, 2.05) is 0 Å². The molecule has 1 aromatic carbocycles. The molecule has 2 N–H and O–H groups in total. The predicted octanol–water partition coefficient (Wildman–Crippen LogP) is 3.32. The summed E-state index contributed by atoms with van der Waals surface area (Å²) in [4.78, 5) is 13.8. The van der Waals surface area contributed by atoms with E-state index in [4.69, 9.17) is 11.6 Å². The molecule has 5 nitrogen and oxygen atoms in total. The number of likely N-dealkylation sites (tertiary alicyclic amines) is 1. The molecule has 1 atom stereocenters. The zero-order valence-corrected chi connectivity index (χ0v) is 12.5. The summed E-state index contributed by atoms with van der Waals surface area (Å²) in [5.74, 6) is -0.202. The number of piperidine rings is 1. The fraction of sp³-hybridized carbons (Fsp3) is 0.500. The van der Waals surface area contributed by atoms with Crippen molar-refractivity contribution >= 4 is 23.3 Å².